The Balaban J connectivity index is 1.46. The molecule has 1 saturated heterocycles. The molecule has 1 aliphatic rings. The van der Waals surface area contributed by atoms with Crippen molar-refractivity contribution in [3.63, 3.8) is 0 Å². The lowest BCUT2D eigenvalue weighted by Crippen LogP contribution is -2.44. The molecule has 28 heavy (non-hydrogen) atoms. The summed E-state index contributed by atoms with van der Waals surface area (Å²) in [6.45, 7) is 8.41. The van der Waals surface area contributed by atoms with E-state index < -0.39 is 0 Å². The number of carbonyl (C=O) groups is 1. The van der Waals surface area contributed by atoms with E-state index in [-0.39, 0.29) is 23.9 Å². The predicted molar refractivity (Wildman–Crippen MR) is 112 cm³/mol. The van der Waals surface area contributed by atoms with E-state index in [1.807, 2.05) is 11.4 Å². The Morgan fingerprint density at radius 2 is 2.11 bits per heavy atom. The molecule has 148 valence electrons. The quantitative estimate of drug-likeness (QED) is 0.668. The molecule has 0 bridgehead atoms. The standard InChI is InChI=1S/C20H22FN3O2S2/c1-11-7-24(8-12(2)26-11)9-14-10-27-20(22-14)23-19(25)18-13(3)17-15(21)5-4-6-16(17)28-18/h4-6,10-12H,7-9H2,1-3H3,(H,22,23,25). The molecule has 5 nitrogen and oxygen atoms in total. The second-order valence-electron chi connectivity index (χ2n) is 7.22. The number of aromatic nitrogens is 1. The topological polar surface area (TPSA) is 54.5 Å². The second-order valence-corrected chi connectivity index (χ2v) is 9.13. The summed E-state index contributed by atoms with van der Waals surface area (Å²) in [6.07, 6.45) is 0.413. The number of morpholine rings is 1. The third kappa shape index (κ3) is 3.96. The molecule has 1 aliphatic heterocycles. The van der Waals surface area contributed by atoms with Crippen molar-refractivity contribution in [2.75, 3.05) is 18.4 Å². The first-order valence-corrected chi connectivity index (χ1v) is 10.9. The molecular formula is C20H22FN3O2S2. The lowest BCUT2D eigenvalue weighted by Gasteiger charge is -2.34. The summed E-state index contributed by atoms with van der Waals surface area (Å²) in [6, 6.07) is 4.92. The molecule has 4 rings (SSSR count). The maximum Gasteiger partial charge on any atom is 0.267 e. The van der Waals surface area contributed by atoms with Gasteiger partial charge < -0.3 is 4.74 Å². The van der Waals surface area contributed by atoms with Crippen molar-refractivity contribution in [2.24, 2.45) is 0 Å². The highest BCUT2D eigenvalue weighted by Crippen LogP contribution is 2.33. The van der Waals surface area contributed by atoms with Crippen LogP contribution < -0.4 is 5.32 Å². The van der Waals surface area contributed by atoms with Gasteiger partial charge in [-0.15, -0.1) is 22.7 Å². The van der Waals surface area contributed by atoms with Crippen molar-refractivity contribution in [3.05, 3.63) is 45.5 Å². The minimum absolute atomic E-state index is 0.206. The highest BCUT2D eigenvalue weighted by Gasteiger charge is 2.23. The van der Waals surface area contributed by atoms with Gasteiger partial charge in [-0.2, -0.15) is 0 Å². The molecule has 2 unspecified atom stereocenters. The number of aryl methyl sites for hydroxylation is 1. The van der Waals surface area contributed by atoms with E-state index in [0.29, 0.717) is 21.0 Å². The zero-order valence-electron chi connectivity index (χ0n) is 16.0. The SMILES string of the molecule is Cc1c(C(=O)Nc2nc(CN3CC(C)OC(C)C3)cs2)sc2cccc(F)c12. The molecule has 1 N–H and O–H groups in total. The molecule has 8 heteroatoms. The van der Waals surface area contributed by atoms with Gasteiger partial charge in [0, 0.05) is 35.1 Å². The lowest BCUT2D eigenvalue weighted by atomic mass is 10.1. The van der Waals surface area contributed by atoms with E-state index in [4.69, 9.17) is 4.74 Å². The van der Waals surface area contributed by atoms with Crippen molar-refractivity contribution in [2.45, 2.75) is 39.5 Å². The summed E-state index contributed by atoms with van der Waals surface area (Å²) in [5.41, 5.74) is 1.60. The molecular weight excluding hydrogens is 397 g/mol. The molecule has 2 atom stereocenters. The third-order valence-corrected chi connectivity index (χ3v) is 6.82. The van der Waals surface area contributed by atoms with Crippen LogP contribution in [0.3, 0.4) is 0 Å². The van der Waals surface area contributed by atoms with Crippen LogP contribution in [-0.2, 0) is 11.3 Å². The van der Waals surface area contributed by atoms with Crippen molar-refractivity contribution in [3.8, 4) is 0 Å². The number of hydrogen-bond acceptors (Lipinski definition) is 6. The summed E-state index contributed by atoms with van der Waals surface area (Å²) in [5.74, 6) is -0.539. The summed E-state index contributed by atoms with van der Waals surface area (Å²) >= 11 is 2.71. The van der Waals surface area contributed by atoms with Crippen LogP contribution in [0.2, 0.25) is 0 Å². The highest BCUT2D eigenvalue weighted by molar-refractivity contribution is 7.21. The highest BCUT2D eigenvalue weighted by atomic mass is 32.1. The molecule has 1 aromatic carbocycles. The van der Waals surface area contributed by atoms with Crippen LogP contribution in [0.25, 0.3) is 10.1 Å². The Morgan fingerprint density at radius 3 is 2.82 bits per heavy atom. The Kier molecular flexibility index (Phi) is 5.46. The zero-order valence-corrected chi connectivity index (χ0v) is 17.6. The molecule has 0 saturated carbocycles. The zero-order chi connectivity index (χ0) is 19.8. The molecule has 2 aromatic heterocycles. The van der Waals surface area contributed by atoms with E-state index in [1.165, 1.54) is 28.7 Å². The van der Waals surface area contributed by atoms with Crippen LogP contribution in [0.4, 0.5) is 9.52 Å². The fourth-order valence-electron chi connectivity index (χ4n) is 3.70. The van der Waals surface area contributed by atoms with E-state index in [9.17, 15) is 9.18 Å². The number of hydrogen-bond donors (Lipinski definition) is 1. The van der Waals surface area contributed by atoms with Crippen molar-refractivity contribution >= 4 is 43.8 Å². The number of carbonyl (C=O) groups excluding carboxylic acids is 1. The summed E-state index contributed by atoms with van der Waals surface area (Å²) in [7, 11) is 0. The van der Waals surface area contributed by atoms with Gasteiger partial charge in [-0.1, -0.05) is 6.07 Å². The van der Waals surface area contributed by atoms with Gasteiger partial charge in [-0.05, 0) is 38.5 Å². The Hall–Kier alpha value is -1.87. The predicted octanol–water partition coefficient (Wildman–Crippen LogP) is 4.67. The van der Waals surface area contributed by atoms with E-state index in [0.717, 1.165) is 30.0 Å². The van der Waals surface area contributed by atoms with Gasteiger partial charge >= 0.3 is 0 Å². The average Bonchev–Trinajstić information content (AvgIpc) is 3.19. The van der Waals surface area contributed by atoms with Crippen LogP contribution >= 0.6 is 22.7 Å². The maximum atomic E-state index is 14.1. The maximum absolute atomic E-state index is 14.1. The fraction of sp³-hybridized carbons (Fsp3) is 0.400. The van der Waals surface area contributed by atoms with Crippen LogP contribution in [0.1, 0.15) is 34.8 Å². The van der Waals surface area contributed by atoms with Gasteiger partial charge in [0.2, 0.25) is 0 Å². The van der Waals surface area contributed by atoms with Gasteiger partial charge in [0.15, 0.2) is 5.13 Å². The molecule has 0 aliphatic carbocycles. The number of thiophene rings is 1. The van der Waals surface area contributed by atoms with Gasteiger partial charge in [-0.25, -0.2) is 9.37 Å². The van der Waals surface area contributed by atoms with E-state index >= 15 is 0 Å². The fourth-order valence-corrected chi connectivity index (χ4v) is 5.52. The van der Waals surface area contributed by atoms with Gasteiger partial charge in [0.1, 0.15) is 5.82 Å². The third-order valence-electron chi connectivity index (χ3n) is 4.76. The second kappa shape index (κ2) is 7.87. The van der Waals surface area contributed by atoms with Crippen LogP contribution in [0.5, 0.6) is 0 Å². The van der Waals surface area contributed by atoms with Crippen molar-refractivity contribution in [1.82, 2.24) is 9.88 Å². The number of benzene rings is 1. The van der Waals surface area contributed by atoms with E-state index in [2.05, 4.69) is 29.0 Å². The summed E-state index contributed by atoms with van der Waals surface area (Å²) in [4.78, 5) is 20.1. The first kappa shape index (κ1) is 19.4. The molecule has 1 fully saturated rings. The van der Waals surface area contributed by atoms with E-state index in [1.54, 1.807) is 13.0 Å². The summed E-state index contributed by atoms with van der Waals surface area (Å²) in [5, 5.41) is 5.92. The number of halogens is 1. The number of ether oxygens (including phenoxy) is 1. The lowest BCUT2D eigenvalue weighted by molar-refractivity contribution is -0.0707. The monoisotopic (exact) mass is 419 g/mol. The Labute approximate surface area is 171 Å². The minimum atomic E-state index is -0.296. The Morgan fingerprint density at radius 1 is 1.36 bits per heavy atom. The number of nitrogens with zero attached hydrogens (tertiary/aromatic N) is 2. The minimum Gasteiger partial charge on any atom is -0.373 e. The number of thiazole rings is 1. The number of amides is 1. The Bertz CT molecular complexity index is 1010. The first-order chi connectivity index (χ1) is 13.4. The largest absolute Gasteiger partial charge is 0.373 e. The molecule has 3 aromatic rings. The number of anilines is 1. The average molecular weight is 420 g/mol. The van der Waals surface area contributed by atoms with Crippen LogP contribution in [-0.4, -0.2) is 41.1 Å². The number of rotatable bonds is 4. The first-order valence-electron chi connectivity index (χ1n) is 9.22. The molecule has 1 amide bonds. The van der Waals surface area contributed by atoms with Crippen molar-refractivity contribution in [1.29, 1.82) is 0 Å². The summed E-state index contributed by atoms with van der Waals surface area (Å²) < 4.78 is 20.6. The van der Waals surface area contributed by atoms with Crippen LogP contribution in [0.15, 0.2) is 23.6 Å². The molecule has 3 heterocycles. The van der Waals surface area contributed by atoms with Gasteiger partial charge in [0.05, 0.1) is 22.8 Å². The molecule has 0 radical (unpaired) electrons. The number of fused-ring (bicyclic) bond motifs is 1. The van der Waals surface area contributed by atoms with Gasteiger partial charge in [0.25, 0.3) is 5.91 Å². The van der Waals surface area contributed by atoms with Crippen LogP contribution in [0, 0.1) is 12.7 Å². The molecule has 0 spiro atoms. The smallest absolute Gasteiger partial charge is 0.267 e. The number of nitrogens with one attached hydrogen (secondary N) is 1. The normalized spacial score (nSPS) is 20.6. The van der Waals surface area contributed by atoms with Gasteiger partial charge in [-0.3, -0.25) is 15.0 Å². The van der Waals surface area contributed by atoms with Crippen molar-refractivity contribution < 1.29 is 13.9 Å².